The molecule has 2 unspecified atom stereocenters. The number of piperidine rings is 1. The molecule has 1 aliphatic rings. The molecule has 0 spiro atoms. The molecule has 1 heterocycles. The summed E-state index contributed by atoms with van der Waals surface area (Å²) in [6.45, 7) is 9.98. The average Bonchev–Trinajstić information content (AvgIpc) is 2.24. The Morgan fingerprint density at radius 3 is 2.76 bits per heavy atom. The maximum Gasteiger partial charge on any atom is 0.246 e. The van der Waals surface area contributed by atoms with Crippen LogP contribution in [-0.2, 0) is 9.53 Å². The third kappa shape index (κ3) is 6.03. The van der Waals surface area contributed by atoms with E-state index in [-0.39, 0.29) is 18.1 Å². The zero-order valence-corrected chi connectivity index (χ0v) is 11.5. The number of hydrogen-bond acceptors (Lipinski definition) is 3. The number of amides is 1. The summed E-state index contributed by atoms with van der Waals surface area (Å²) >= 11 is 0. The van der Waals surface area contributed by atoms with E-state index in [0.29, 0.717) is 18.5 Å². The molecule has 0 saturated carbocycles. The minimum absolute atomic E-state index is 0.0282. The molecule has 0 aromatic rings. The van der Waals surface area contributed by atoms with Crippen LogP contribution in [0.5, 0.6) is 0 Å². The molecule has 1 saturated heterocycles. The number of ether oxygens (including phenoxy) is 1. The topological polar surface area (TPSA) is 50.4 Å². The van der Waals surface area contributed by atoms with Crippen molar-refractivity contribution in [2.45, 2.75) is 52.2 Å². The van der Waals surface area contributed by atoms with E-state index in [0.717, 1.165) is 6.54 Å². The Labute approximate surface area is 104 Å². The van der Waals surface area contributed by atoms with Gasteiger partial charge >= 0.3 is 0 Å². The smallest absolute Gasteiger partial charge is 0.246 e. The van der Waals surface area contributed by atoms with Gasteiger partial charge in [0.15, 0.2) is 0 Å². The molecule has 4 nitrogen and oxygen atoms in total. The third-order valence-electron chi connectivity index (χ3n) is 3.09. The quantitative estimate of drug-likeness (QED) is 0.781. The van der Waals surface area contributed by atoms with Gasteiger partial charge in [-0.1, -0.05) is 6.92 Å². The zero-order valence-electron chi connectivity index (χ0n) is 11.5. The van der Waals surface area contributed by atoms with E-state index in [4.69, 9.17) is 4.74 Å². The first-order valence-electron chi connectivity index (χ1n) is 6.52. The number of nitrogens with one attached hydrogen (secondary N) is 2. The van der Waals surface area contributed by atoms with E-state index < -0.39 is 0 Å². The van der Waals surface area contributed by atoms with Crippen LogP contribution in [0.2, 0.25) is 0 Å². The van der Waals surface area contributed by atoms with Crippen LogP contribution in [0.25, 0.3) is 0 Å². The van der Waals surface area contributed by atoms with E-state index >= 15 is 0 Å². The average molecular weight is 242 g/mol. The molecule has 1 aliphatic heterocycles. The van der Waals surface area contributed by atoms with Crippen molar-refractivity contribution in [1.82, 2.24) is 10.6 Å². The van der Waals surface area contributed by atoms with Crippen LogP contribution in [0.3, 0.4) is 0 Å². The van der Waals surface area contributed by atoms with Gasteiger partial charge in [0.1, 0.15) is 6.61 Å². The normalized spacial score (nSPS) is 25.6. The van der Waals surface area contributed by atoms with Gasteiger partial charge in [-0.05, 0) is 46.1 Å². The lowest BCUT2D eigenvalue weighted by molar-refractivity contribution is -0.130. The van der Waals surface area contributed by atoms with Crippen molar-refractivity contribution < 1.29 is 9.53 Å². The highest BCUT2D eigenvalue weighted by atomic mass is 16.5. The fraction of sp³-hybridized carbons (Fsp3) is 0.923. The highest BCUT2D eigenvalue weighted by Crippen LogP contribution is 2.14. The van der Waals surface area contributed by atoms with Gasteiger partial charge in [0, 0.05) is 12.6 Å². The monoisotopic (exact) mass is 242 g/mol. The Morgan fingerprint density at radius 2 is 2.18 bits per heavy atom. The van der Waals surface area contributed by atoms with Crippen molar-refractivity contribution in [3.05, 3.63) is 0 Å². The largest absolute Gasteiger partial charge is 0.366 e. The SMILES string of the molecule is CC1CCCNC1CNC(=O)COC(C)(C)C. The van der Waals surface area contributed by atoms with Gasteiger partial charge in [-0.25, -0.2) is 0 Å². The van der Waals surface area contributed by atoms with Crippen LogP contribution < -0.4 is 10.6 Å². The molecule has 0 radical (unpaired) electrons. The third-order valence-corrected chi connectivity index (χ3v) is 3.09. The summed E-state index contributed by atoms with van der Waals surface area (Å²) in [7, 11) is 0. The number of hydrogen-bond donors (Lipinski definition) is 2. The summed E-state index contributed by atoms with van der Waals surface area (Å²) in [5.74, 6) is 0.604. The van der Waals surface area contributed by atoms with Gasteiger partial charge < -0.3 is 15.4 Å². The van der Waals surface area contributed by atoms with Crippen LogP contribution in [0.15, 0.2) is 0 Å². The van der Waals surface area contributed by atoms with Crippen LogP contribution in [0.4, 0.5) is 0 Å². The highest BCUT2D eigenvalue weighted by Gasteiger charge is 2.21. The summed E-state index contributed by atoms with van der Waals surface area (Å²) < 4.78 is 5.43. The van der Waals surface area contributed by atoms with Gasteiger partial charge in [0.2, 0.25) is 5.91 Å². The van der Waals surface area contributed by atoms with E-state index in [2.05, 4.69) is 17.6 Å². The Balaban J connectivity index is 2.19. The van der Waals surface area contributed by atoms with Crippen molar-refractivity contribution in [1.29, 1.82) is 0 Å². The number of carbonyl (C=O) groups is 1. The molecule has 100 valence electrons. The fourth-order valence-corrected chi connectivity index (χ4v) is 1.94. The first kappa shape index (κ1) is 14.5. The van der Waals surface area contributed by atoms with Crippen molar-refractivity contribution in [2.24, 2.45) is 5.92 Å². The zero-order chi connectivity index (χ0) is 12.9. The molecule has 0 aromatic carbocycles. The van der Waals surface area contributed by atoms with Crippen LogP contribution in [-0.4, -0.2) is 37.2 Å². The van der Waals surface area contributed by atoms with Crippen molar-refractivity contribution >= 4 is 5.91 Å². The second-order valence-corrected chi connectivity index (χ2v) is 5.89. The Morgan fingerprint density at radius 1 is 1.47 bits per heavy atom. The minimum Gasteiger partial charge on any atom is -0.366 e. The van der Waals surface area contributed by atoms with E-state index in [1.807, 2.05) is 20.8 Å². The summed E-state index contributed by atoms with van der Waals surface area (Å²) in [6, 6.07) is 0.405. The summed E-state index contributed by atoms with van der Waals surface area (Å²) in [5.41, 5.74) is -0.256. The lowest BCUT2D eigenvalue weighted by atomic mass is 9.93. The van der Waals surface area contributed by atoms with E-state index in [1.54, 1.807) is 0 Å². The molecule has 1 rings (SSSR count). The van der Waals surface area contributed by atoms with Crippen LogP contribution in [0.1, 0.15) is 40.5 Å². The van der Waals surface area contributed by atoms with Crippen molar-refractivity contribution in [3.63, 3.8) is 0 Å². The first-order valence-corrected chi connectivity index (χ1v) is 6.52. The molecule has 0 aromatic heterocycles. The van der Waals surface area contributed by atoms with Gasteiger partial charge in [-0.2, -0.15) is 0 Å². The summed E-state index contributed by atoms with van der Waals surface area (Å²) in [5, 5.41) is 6.37. The molecular weight excluding hydrogens is 216 g/mol. The Kier molecular flexibility index (Phi) is 5.40. The lowest BCUT2D eigenvalue weighted by Crippen LogP contribution is -2.48. The van der Waals surface area contributed by atoms with Crippen molar-refractivity contribution in [3.8, 4) is 0 Å². The molecule has 0 aliphatic carbocycles. The van der Waals surface area contributed by atoms with E-state index in [9.17, 15) is 4.79 Å². The summed E-state index contributed by atoms with van der Waals surface area (Å²) in [4.78, 5) is 11.6. The standard InChI is InChI=1S/C13H26N2O2/c1-10-6-5-7-14-11(10)8-15-12(16)9-17-13(2,3)4/h10-11,14H,5-9H2,1-4H3,(H,15,16). The Bertz CT molecular complexity index is 248. The van der Waals surface area contributed by atoms with Gasteiger partial charge in [0.25, 0.3) is 0 Å². The molecule has 17 heavy (non-hydrogen) atoms. The number of carbonyl (C=O) groups excluding carboxylic acids is 1. The van der Waals surface area contributed by atoms with Gasteiger partial charge in [-0.15, -0.1) is 0 Å². The minimum atomic E-state index is -0.256. The second-order valence-electron chi connectivity index (χ2n) is 5.89. The van der Waals surface area contributed by atoms with E-state index in [1.165, 1.54) is 12.8 Å². The molecule has 4 heteroatoms. The van der Waals surface area contributed by atoms with Crippen molar-refractivity contribution in [2.75, 3.05) is 19.7 Å². The fourth-order valence-electron chi connectivity index (χ4n) is 1.94. The Hall–Kier alpha value is -0.610. The maximum absolute atomic E-state index is 11.6. The highest BCUT2D eigenvalue weighted by molar-refractivity contribution is 5.77. The molecule has 1 fully saturated rings. The molecule has 2 atom stereocenters. The molecule has 0 bridgehead atoms. The van der Waals surface area contributed by atoms with Crippen LogP contribution in [0, 0.1) is 5.92 Å². The molecular formula is C13H26N2O2. The lowest BCUT2D eigenvalue weighted by Gasteiger charge is -2.30. The first-order chi connectivity index (χ1) is 7.88. The van der Waals surface area contributed by atoms with Crippen LogP contribution >= 0.6 is 0 Å². The predicted molar refractivity (Wildman–Crippen MR) is 68.9 cm³/mol. The number of rotatable bonds is 4. The predicted octanol–water partition coefficient (Wildman–Crippen LogP) is 1.31. The maximum atomic E-state index is 11.6. The molecule has 1 amide bonds. The van der Waals surface area contributed by atoms with Gasteiger partial charge in [-0.3, -0.25) is 4.79 Å². The molecule has 2 N–H and O–H groups in total. The van der Waals surface area contributed by atoms with Gasteiger partial charge in [0.05, 0.1) is 5.60 Å². The summed E-state index contributed by atoms with van der Waals surface area (Å²) in [6.07, 6.45) is 2.48. The second kappa shape index (κ2) is 6.36.